The first-order valence-electron chi connectivity index (χ1n) is 10.2. The highest BCUT2D eigenvalue weighted by atomic mass is 16.2. The highest BCUT2D eigenvalue weighted by Gasteiger charge is 2.25. The Kier molecular flexibility index (Phi) is 9.08. The second kappa shape index (κ2) is 11.3. The molecule has 144 valence electrons. The van der Waals surface area contributed by atoms with Crippen molar-refractivity contribution in [2.24, 2.45) is 5.92 Å². The largest absolute Gasteiger partial charge is 0.342 e. The molecule has 0 spiro atoms. The summed E-state index contributed by atoms with van der Waals surface area (Å²) in [6.45, 7) is 3.51. The minimum atomic E-state index is -0.0318. The molecular formula is C19H36N4O2. The van der Waals surface area contributed by atoms with Gasteiger partial charge >= 0.3 is 6.03 Å². The van der Waals surface area contributed by atoms with Crippen LogP contribution in [0.5, 0.6) is 0 Å². The van der Waals surface area contributed by atoms with Gasteiger partial charge in [-0.2, -0.15) is 0 Å². The van der Waals surface area contributed by atoms with Crippen molar-refractivity contribution in [2.45, 2.75) is 70.3 Å². The van der Waals surface area contributed by atoms with Gasteiger partial charge in [-0.3, -0.25) is 4.79 Å². The normalized spacial score (nSPS) is 21.3. The maximum absolute atomic E-state index is 12.2. The Hall–Kier alpha value is -1.30. The maximum Gasteiger partial charge on any atom is 0.315 e. The SMILES string of the molecule is CNCC1CCN(C(=O)CCCCCNC(=O)NC2CCCCC2)C1. The Labute approximate surface area is 152 Å². The molecule has 6 nitrogen and oxygen atoms in total. The van der Waals surface area contributed by atoms with Gasteiger partial charge in [0.2, 0.25) is 5.91 Å². The lowest BCUT2D eigenvalue weighted by molar-refractivity contribution is -0.130. The van der Waals surface area contributed by atoms with Gasteiger partial charge in [-0.25, -0.2) is 4.79 Å². The van der Waals surface area contributed by atoms with Crippen molar-refractivity contribution in [3.05, 3.63) is 0 Å². The van der Waals surface area contributed by atoms with Crippen LogP contribution in [0.4, 0.5) is 4.79 Å². The van der Waals surface area contributed by atoms with Crippen LogP contribution in [-0.2, 0) is 4.79 Å². The van der Waals surface area contributed by atoms with Gasteiger partial charge < -0.3 is 20.9 Å². The maximum atomic E-state index is 12.2. The summed E-state index contributed by atoms with van der Waals surface area (Å²) >= 11 is 0. The Balaban J connectivity index is 1.45. The van der Waals surface area contributed by atoms with E-state index in [9.17, 15) is 9.59 Å². The third kappa shape index (κ3) is 7.63. The topological polar surface area (TPSA) is 73.5 Å². The zero-order valence-corrected chi connectivity index (χ0v) is 15.8. The van der Waals surface area contributed by atoms with Gasteiger partial charge in [-0.15, -0.1) is 0 Å². The molecule has 0 aromatic heterocycles. The Bertz CT molecular complexity index is 410. The molecule has 1 unspecified atom stereocenters. The molecule has 3 amide bonds. The molecule has 0 bridgehead atoms. The third-order valence-electron chi connectivity index (χ3n) is 5.42. The van der Waals surface area contributed by atoms with Crippen LogP contribution in [0.25, 0.3) is 0 Å². The number of rotatable bonds is 9. The van der Waals surface area contributed by atoms with Crippen molar-refractivity contribution in [3.63, 3.8) is 0 Å². The summed E-state index contributed by atoms with van der Waals surface area (Å²) in [7, 11) is 1.97. The van der Waals surface area contributed by atoms with Crippen LogP contribution < -0.4 is 16.0 Å². The lowest BCUT2D eigenvalue weighted by atomic mass is 9.96. The van der Waals surface area contributed by atoms with Gasteiger partial charge in [0.25, 0.3) is 0 Å². The van der Waals surface area contributed by atoms with Crippen LogP contribution >= 0.6 is 0 Å². The number of likely N-dealkylation sites (tertiary alicyclic amines) is 1. The number of hydrogen-bond acceptors (Lipinski definition) is 3. The number of urea groups is 1. The number of nitrogens with zero attached hydrogens (tertiary/aromatic N) is 1. The molecule has 1 atom stereocenters. The number of carbonyl (C=O) groups excluding carboxylic acids is 2. The quantitative estimate of drug-likeness (QED) is 0.557. The molecule has 0 aromatic rings. The summed E-state index contributed by atoms with van der Waals surface area (Å²) < 4.78 is 0. The van der Waals surface area contributed by atoms with Gasteiger partial charge in [-0.1, -0.05) is 25.7 Å². The van der Waals surface area contributed by atoms with Gasteiger partial charge in [0, 0.05) is 32.1 Å². The fourth-order valence-corrected chi connectivity index (χ4v) is 3.94. The summed E-state index contributed by atoms with van der Waals surface area (Å²) in [5.74, 6) is 0.905. The smallest absolute Gasteiger partial charge is 0.315 e. The number of hydrogen-bond donors (Lipinski definition) is 3. The average molecular weight is 353 g/mol. The van der Waals surface area contributed by atoms with E-state index in [0.29, 0.717) is 30.8 Å². The van der Waals surface area contributed by atoms with E-state index in [0.717, 1.165) is 58.2 Å². The zero-order chi connectivity index (χ0) is 17.9. The number of unbranched alkanes of at least 4 members (excludes halogenated alkanes) is 2. The predicted octanol–water partition coefficient (Wildman–Crippen LogP) is 2.25. The summed E-state index contributed by atoms with van der Waals surface area (Å²) in [5, 5.41) is 9.20. The van der Waals surface area contributed by atoms with Gasteiger partial charge in [0.15, 0.2) is 0 Å². The van der Waals surface area contributed by atoms with Crippen molar-refractivity contribution in [2.75, 3.05) is 33.2 Å². The summed E-state index contributed by atoms with van der Waals surface area (Å²) in [4.78, 5) is 26.0. The summed E-state index contributed by atoms with van der Waals surface area (Å²) in [6, 6.07) is 0.328. The Morgan fingerprint density at radius 2 is 1.84 bits per heavy atom. The monoisotopic (exact) mass is 352 g/mol. The molecule has 25 heavy (non-hydrogen) atoms. The number of nitrogens with one attached hydrogen (secondary N) is 3. The molecule has 1 heterocycles. The van der Waals surface area contributed by atoms with Crippen molar-refractivity contribution < 1.29 is 9.59 Å². The first-order chi connectivity index (χ1) is 12.2. The molecule has 1 aliphatic heterocycles. The van der Waals surface area contributed by atoms with Crippen LogP contribution in [-0.4, -0.2) is 56.1 Å². The fraction of sp³-hybridized carbons (Fsp3) is 0.895. The standard InChI is InChI=1S/C19H36N4O2/c1-20-14-16-11-13-23(15-16)18(24)10-6-3-7-12-21-19(25)22-17-8-4-2-5-9-17/h16-17,20H,2-15H2,1H3,(H2,21,22,25). The van der Waals surface area contributed by atoms with Gasteiger partial charge in [0.1, 0.15) is 0 Å². The van der Waals surface area contributed by atoms with Gasteiger partial charge in [-0.05, 0) is 51.6 Å². The molecule has 0 aromatic carbocycles. The van der Waals surface area contributed by atoms with E-state index in [1.54, 1.807) is 0 Å². The molecule has 2 aliphatic rings. The minimum Gasteiger partial charge on any atom is -0.342 e. The van der Waals surface area contributed by atoms with E-state index in [2.05, 4.69) is 16.0 Å². The Morgan fingerprint density at radius 3 is 2.60 bits per heavy atom. The van der Waals surface area contributed by atoms with Crippen LogP contribution in [0.1, 0.15) is 64.2 Å². The molecule has 1 saturated heterocycles. The van der Waals surface area contributed by atoms with Crippen LogP contribution in [0.3, 0.4) is 0 Å². The molecule has 2 rings (SSSR count). The van der Waals surface area contributed by atoms with Crippen molar-refractivity contribution in [1.82, 2.24) is 20.9 Å². The van der Waals surface area contributed by atoms with Crippen LogP contribution in [0.2, 0.25) is 0 Å². The van der Waals surface area contributed by atoms with Crippen LogP contribution in [0.15, 0.2) is 0 Å². The second-order valence-electron chi connectivity index (χ2n) is 7.60. The van der Waals surface area contributed by atoms with Crippen molar-refractivity contribution >= 4 is 11.9 Å². The first kappa shape index (κ1) is 20.0. The molecule has 2 fully saturated rings. The molecule has 3 N–H and O–H groups in total. The van der Waals surface area contributed by atoms with Crippen molar-refractivity contribution in [1.29, 1.82) is 0 Å². The average Bonchev–Trinajstić information content (AvgIpc) is 3.08. The van der Waals surface area contributed by atoms with E-state index in [4.69, 9.17) is 0 Å². The van der Waals surface area contributed by atoms with E-state index >= 15 is 0 Å². The predicted molar refractivity (Wildman–Crippen MR) is 100 cm³/mol. The molecule has 0 radical (unpaired) electrons. The van der Waals surface area contributed by atoms with E-state index in [1.165, 1.54) is 19.3 Å². The lowest BCUT2D eigenvalue weighted by Gasteiger charge is -2.22. The molecule has 1 aliphatic carbocycles. The zero-order valence-electron chi connectivity index (χ0n) is 15.8. The van der Waals surface area contributed by atoms with E-state index in [-0.39, 0.29) is 6.03 Å². The van der Waals surface area contributed by atoms with E-state index in [1.807, 2.05) is 11.9 Å². The highest BCUT2D eigenvalue weighted by molar-refractivity contribution is 5.76. The molecule has 1 saturated carbocycles. The Morgan fingerprint density at radius 1 is 1.04 bits per heavy atom. The van der Waals surface area contributed by atoms with Gasteiger partial charge in [0.05, 0.1) is 0 Å². The highest BCUT2D eigenvalue weighted by Crippen LogP contribution is 2.18. The van der Waals surface area contributed by atoms with E-state index < -0.39 is 0 Å². The minimum absolute atomic E-state index is 0.0318. The second-order valence-corrected chi connectivity index (χ2v) is 7.60. The first-order valence-corrected chi connectivity index (χ1v) is 10.2. The summed E-state index contributed by atoms with van der Waals surface area (Å²) in [6.07, 6.45) is 10.6. The van der Waals surface area contributed by atoms with Crippen LogP contribution in [0, 0.1) is 5.92 Å². The third-order valence-corrected chi connectivity index (χ3v) is 5.42. The van der Waals surface area contributed by atoms with Crippen molar-refractivity contribution in [3.8, 4) is 0 Å². The number of amides is 3. The lowest BCUT2D eigenvalue weighted by Crippen LogP contribution is -2.43. The fourth-order valence-electron chi connectivity index (χ4n) is 3.94. The molecular weight excluding hydrogens is 316 g/mol. The molecule has 6 heteroatoms. The summed E-state index contributed by atoms with van der Waals surface area (Å²) in [5.41, 5.74) is 0. The number of carbonyl (C=O) groups is 2.